The van der Waals surface area contributed by atoms with Gasteiger partial charge < -0.3 is 27.9 Å². The van der Waals surface area contributed by atoms with Crippen LogP contribution in [0, 0.1) is 46.3 Å². The van der Waals surface area contributed by atoms with Crippen LogP contribution in [0.3, 0.4) is 0 Å². The van der Waals surface area contributed by atoms with Crippen LogP contribution in [0.15, 0.2) is 23.8 Å². The van der Waals surface area contributed by atoms with Crippen LogP contribution >= 0.6 is 7.82 Å². The molecule has 3 fully saturated rings. The SMILES string of the molecule is CCCCCCCC/C=C/CCCCCCCC(=O)OC(CO[C@H]1CC[C@@]2(C)C(=CC[C@H]3[C@@H]4CC[C@H]([C@H](C)CCCC(C)C)[C@@]4(C)CC[C@@H]32)C1)COP(=O)([O-])OCC[N+](C)(C)C. The van der Waals surface area contributed by atoms with Gasteiger partial charge >= 0.3 is 5.97 Å². The molecule has 62 heavy (non-hydrogen) atoms. The molecule has 0 amide bonds. The van der Waals surface area contributed by atoms with Gasteiger partial charge in [0, 0.05) is 6.42 Å². The quantitative estimate of drug-likeness (QED) is 0.0225. The molecule has 0 bridgehead atoms. The Bertz CT molecular complexity index is 1410. The lowest BCUT2D eigenvalue weighted by Crippen LogP contribution is -2.51. The van der Waals surface area contributed by atoms with Gasteiger partial charge in [-0.25, -0.2) is 0 Å². The summed E-state index contributed by atoms with van der Waals surface area (Å²) in [4.78, 5) is 25.8. The number of esters is 1. The molecule has 0 spiro atoms. The van der Waals surface area contributed by atoms with E-state index in [1.165, 1.54) is 103 Å². The molecule has 0 aromatic rings. The topological polar surface area (TPSA) is 94.1 Å². The van der Waals surface area contributed by atoms with Gasteiger partial charge in [-0.2, -0.15) is 0 Å². The summed E-state index contributed by atoms with van der Waals surface area (Å²) in [5.41, 5.74) is 2.24. The molecule has 360 valence electrons. The van der Waals surface area contributed by atoms with Crippen molar-refractivity contribution in [3.05, 3.63) is 23.8 Å². The van der Waals surface area contributed by atoms with Crippen molar-refractivity contribution in [1.82, 2.24) is 0 Å². The number of carbonyl (C=O) groups excluding carboxylic acids is 1. The first-order valence-electron chi connectivity index (χ1n) is 26.0. The average Bonchev–Trinajstić information content (AvgIpc) is 3.57. The van der Waals surface area contributed by atoms with E-state index in [9.17, 15) is 14.3 Å². The van der Waals surface area contributed by atoms with Crippen LogP contribution in [0.1, 0.15) is 202 Å². The maximum Gasteiger partial charge on any atom is 0.306 e. The van der Waals surface area contributed by atoms with Crippen molar-refractivity contribution in [3.63, 3.8) is 0 Å². The van der Waals surface area contributed by atoms with Crippen molar-refractivity contribution >= 4 is 13.8 Å². The summed E-state index contributed by atoms with van der Waals surface area (Å²) in [5.74, 6) is 4.50. The molecule has 8 nitrogen and oxygen atoms in total. The van der Waals surface area contributed by atoms with E-state index in [0.717, 1.165) is 86.9 Å². The lowest BCUT2D eigenvalue weighted by Gasteiger charge is -2.58. The molecule has 2 unspecified atom stereocenters. The van der Waals surface area contributed by atoms with Gasteiger partial charge in [0.1, 0.15) is 19.3 Å². The van der Waals surface area contributed by atoms with Crippen molar-refractivity contribution in [2.24, 2.45) is 46.3 Å². The van der Waals surface area contributed by atoms with Crippen molar-refractivity contribution in [2.45, 2.75) is 214 Å². The number of allylic oxidation sites excluding steroid dienone is 3. The predicted octanol–water partition coefficient (Wildman–Crippen LogP) is 13.6. The molecule has 0 saturated heterocycles. The first-order valence-corrected chi connectivity index (χ1v) is 27.5. The second-order valence-corrected chi connectivity index (χ2v) is 23.9. The molecule has 0 N–H and O–H groups in total. The predicted molar refractivity (Wildman–Crippen MR) is 255 cm³/mol. The Morgan fingerprint density at radius 2 is 1.52 bits per heavy atom. The monoisotopic (exact) mass is 890 g/mol. The number of carbonyl (C=O) groups is 1. The first kappa shape index (κ1) is 53.6. The number of ether oxygens (including phenoxy) is 2. The fraction of sp³-hybridized carbons (Fsp3) is 0.906. The Morgan fingerprint density at radius 3 is 2.19 bits per heavy atom. The summed E-state index contributed by atoms with van der Waals surface area (Å²) in [6.07, 6.45) is 36.0. The van der Waals surface area contributed by atoms with Crippen LogP contribution in [0.5, 0.6) is 0 Å². The number of hydrogen-bond acceptors (Lipinski definition) is 7. The Hall–Kier alpha value is -1.02. The lowest BCUT2D eigenvalue weighted by molar-refractivity contribution is -0.870. The summed E-state index contributed by atoms with van der Waals surface area (Å²) in [5, 5.41) is 0. The molecule has 10 atom stereocenters. The van der Waals surface area contributed by atoms with E-state index >= 15 is 0 Å². The molecule has 0 radical (unpaired) electrons. The molecule has 4 rings (SSSR count). The van der Waals surface area contributed by atoms with E-state index in [4.69, 9.17) is 18.5 Å². The Kier molecular flexibility index (Phi) is 22.8. The highest BCUT2D eigenvalue weighted by atomic mass is 31.2. The van der Waals surface area contributed by atoms with Crippen LogP contribution in [0.25, 0.3) is 0 Å². The zero-order valence-corrected chi connectivity index (χ0v) is 42.5. The number of nitrogens with zero attached hydrogens (tertiary/aromatic N) is 1. The van der Waals surface area contributed by atoms with Crippen molar-refractivity contribution in [1.29, 1.82) is 0 Å². The minimum absolute atomic E-state index is 0.00809. The first-order chi connectivity index (χ1) is 29.5. The second-order valence-electron chi connectivity index (χ2n) is 22.5. The maximum absolute atomic E-state index is 13.1. The van der Waals surface area contributed by atoms with E-state index in [1.807, 2.05) is 21.1 Å². The van der Waals surface area contributed by atoms with Gasteiger partial charge in [-0.3, -0.25) is 9.36 Å². The molecule has 4 aliphatic rings. The van der Waals surface area contributed by atoms with Gasteiger partial charge in [0.2, 0.25) is 0 Å². The maximum atomic E-state index is 13.1. The Balaban J connectivity index is 1.24. The number of fused-ring (bicyclic) bond motifs is 5. The van der Waals surface area contributed by atoms with Crippen LogP contribution in [0.4, 0.5) is 0 Å². The molecule has 4 aliphatic carbocycles. The number of phosphoric ester groups is 1. The minimum Gasteiger partial charge on any atom is -0.756 e. The molecule has 3 saturated carbocycles. The summed E-state index contributed by atoms with van der Waals surface area (Å²) in [6, 6.07) is 0. The van der Waals surface area contributed by atoms with Gasteiger partial charge in [0.25, 0.3) is 7.82 Å². The van der Waals surface area contributed by atoms with Gasteiger partial charge in [0.05, 0.1) is 40.5 Å². The Morgan fingerprint density at radius 1 is 0.839 bits per heavy atom. The summed E-state index contributed by atoms with van der Waals surface area (Å²) in [7, 11) is 1.35. The third-order valence-corrected chi connectivity index (χ3v) is 17.1. The van der Waals surface area contributed by atoms with Crippen LogP contribution in [-0.4, -0.2) is 70.2 Å². The van der Waals surface area contributed by atoms with Gasteiger partial charge in [-0.15, -0.1) is 0 Å². The lowest BCUT2D eigenvalue weighted by atomic mass is 9.47. The van der Waals surface area contributed by atoms with Gasteiger partial charge in [-0.05, 0) is 130 Å². The summed E-state index contributed by atoms with van der Waals surface area (Å²) in [6.45, 7) is 15.1. The minimum atomic E-state index is -4.58. The van der Waals surface area contributed by atoms with Crippen molar-refractivity contribution in [3.8, 4) is 0 Å². The molecule has 0 heterocycles. The Labute approximate surface area is 381 Å². The van der Waals surface area contributed by atoms with Crippen LogP contribution in [0.2, 0.25) is 0 Å². The highest BCUT2D eigenvalue weighted by Gasteiger charge is 2.59. The zero-order valence-electron chi connectivity index (χ0n) is 41.6. The number of rotatable bonds is 31. The standard InChI is InChI=1S/C53H96NO7P/c1-10-11-12-13-14-15-16-17-18-19-20-21-22-23-24-28-51(55)61-46(41-60-62(56,57)59-38-37-54(7,8)9)40-58-45-33-35-52(5)44(39-45)29-30-47-49-32-31-48(43(4)27-25-26-42(2)3)53(49,6)36-34-50(47)52/h17-18,29,42-43,45-50H,10-16,19-28,30-41H2,1-9H3/b18-17+/t43-,45+,46?,47+,48-,49+,50+,52+,53-/m1/s1. The van der Waals surface area contributed by atoms with E-state index in [1.54, 1.807) is 5.57 Å². The third-order valence-electron chi connectivity index (χ3n) is 16.1. The third kappa shape index (κ3) is 17.3. The van der Waals surface area contributed by atoms with Crippen molar-refractivity contribution < 1.29 is 37.3 Å². The number of unbranched alkanes of at least 4 members (excludes halogenated alkanes) is 11. The zero-order chi connectivity index (χ0) is 45.2. The van der Waals surface area contributed by atoms with Gasteiger partial charge in [-0.1, -0.05) is 136 Å². The highest BCUT2D eigenvalue weighted by Crippen LogP contribution is 2.67. The number of phosphoric acid groups is 1. The van der Waals surface area contributed by atoms with Crippen LogP contribution in [-0.2, 0) is 27.9 Å². The number of likely N-dealkylation sites (N-methyl/N-ethyl adjacent to an activating group) is 1. The van der Waals surface area contributed by atoms with E-state index in [-0.39, 0.29) is 37.3 Å². The normalized spacial score (nSPS) is 29.5. The molecular weight excluding hydrogens is 794 g/mol. The largest absolute Gasteiger partial charge is 0.756 e. The number of quaternary nitrogens is 1. The molecule has 0 aliphatic heterocycles. The van der Waals surface area contributed by atoms with Crippen LogP contribution < -0.4 is 4.89 Å². The average molecular weight is 890 g/mol. The van der Waals surface area contributed by atoms with E-state index in [2.05, 4.69) is 59.8 Å². The second kappa shape index (κ2) is 26.4. The number of hydrogen-bond donors (Lipinski definition) is 0. The van der Waals surface area contributed by atoms with Gasteiger partial charge in [0.15, 0.2) is 0 Å². The molecule has 0 aromatic heterocycles. The molecule has 9 heteroatoms. The van der Waals surface area contributed by atoms with E-state index in [0.29, 0.717) is 22.9 Å². The fourth-order valence-electron chi connectivity index (χ4n) is 12.4. The summed E-state index contributed by atoms with van der Waals surface area (Å²) >= 11 is 0. The smallest absolute Gasteiger partial charge is 0.306 e. The fourth-order valence-corrected chi connectivity index (χ4v) is 13.1. The van der Waals surface area contributed by atoms with E-state index < -0.39 is 13.9 Å². The summed E-state index contributed by atoms with van der Waals surface area (Å²) < 4.78 is 36.2. The highest BCUT2D eigenvalue weighted by molar-refractivity contribution is 7.45. The molecular formula is C53H96NO7P. The van der Waals surface area contributed by atoms with Crippen molar-refractivity contribution in [2.75, 3.05) is 47.5 Å². The molecule has 0 aromatic carbocycles.